The molecule has 8 heteroatoms. The number of carbonyl (C=O) groups is 1. The highest BCUT2D eigenvalue weighted by Gasteiger charge is 2.36. The van der Waals surface area contributed by atoms with Crippen LogP contribution >= 0.6 is 11.3 Å². The molecular weight excluding hydrogens is 367 g/mol. The van der Waals surface area contributed by atoms with Crippen molar-refractivity contribution in [3.63, 3.8) is 0 Å². The molecule has 4 nitrogen and oxygen atoms in total. The van der Waals surface area contributed by atoms with Crippen LogP contribution in [0.4, 0.5) is 13.2 Å². The predicted octanol–water partition coefficient (Wildman–Crippen LogP) is 4.80. The number of benzene rings is 1. The Bertz CT molecular complexity index is 816. The largest absolute Gasteiger partial charge is 0.486 e. The third-order valence-electron chi connectivity index (χ3n) is 4.58. The van der Waals surface area contributed by atoms with Gasteiger partial charge in [-0.05, 0) is 37.8 Å². The fourth-order valence-electron chi connectivity index (χ4n) is 2.95. The number of hydrogen-bond donors (Lipinski definition) is 0. The Morgan fingerprint density at radius 1 is 1.23 bits per heavy atom. The maximum Gasteiger partial charge on any atom is 0.387 e. The maximum absolute atomic E-state index is 13.4. The van der Waals surface area contributed by atoms with Crippen molar-refractivity contribution in [2.75, 3.05) is 0 Å². The molecule has 2 fully saturated rings. The first-order chi connectivity index (χ1) is 12.5. The van der Waals surface area contributed by atoms with E-state index in [0.717, 1.165) is 36.0 Å². The van der Waals surface area contributed by atoms with Crippen molar-refractivity contribution in [1.29, 1.82) is 0 Å². The molecule has 138 valence electrons. The molecule has 0 radical (unpaired) electrons. The van der Waals surface area contributed by atoms with Gasteiger partial charge in [0.1, 0.15) is 17.6 Å². The summed E-state index contributed by atoms with van der Waals surface area (Å²) < 4.78 is 48.3. The Morgan fingerprint density at radius 3 is 2.69 bits per heavy atom. The quantitative estimate of drug-likeness (QED) is 0.645. The standard InChI is InChI=1S/C18H16F3NO3S/c19-11-3-4-14(25-18(20)21)15(7-11)24-12-5-10(6-12)17-22-13(8-26-17)16(23)9-1-2-9/h3-4,7-10,12,18H,1-2,5-6H2. The summed E-state index contributed by atoms with van der Waals surface area (Å²) in [7, 11) is 0. The van der Waals surface area contributed by atoms with Crippen LogP contribution < -0.4 is 9.47 Å². The molecule has 0 bridgehead atoms. The zero-order valence-corrected chi connectivity index (χ0v) is 14.5. The molecule has 0 saturated heterocycles. The average Bonchev–Trinajstić information content (AvgIpc) is 3.29. The van der Waals surface area contributed by atoms with Gasteiger partial charge in [0.2, 0.25) is 0 Å². The van der Waals surface area contributed by atoms with E-state index in [4.69, 9.17) is 4.74 Å². The van der Waals surface area contributed by atoms with Crippen LogP contribution in [0, 0.1) is 11.7 Å². The van der Waals surface area contributed by atoms with Gasteiger partial charge in [0, 0.05) is 23.3 Å². The Hall–Kier alpha value is -2.09. The summed E-state index contributed by atoms with van der Waals surface area (Å²) >= 11 is 1.46. The third kappa shape index (κ3) is 3.70. The van der Waals surface area contributed by atoms with Crippen molar-refractivity contribution in [3.8, 4) is 11.5 Å². The molecule has 0 unspecified atom stereocenters. The van der Waals surface area contributed by atoms with E-state index in [-0.39, 0.29) is 35.2 Å². The van der Waals surface area contributed by atoms with Crippen molar-refractivity contribution >= 4 is 17.1 Å². The molecular formula is C18H16F3NO3S. The van der Waals surface area contributed by atoms with Crippen LogP contribution in [-0.2, 0) is 0 Å². The molecule has 2 aliphatic rings. The van der Waals surface area contributed by atoms with E-state index in [1.807, 2.05) is 0 Å². The molecule has 2 aliphatic carbocycles. The van der Waals surface area contributed by atoms with Gasteiger partial charge in [-0.25, -0.2) is 9.37 Å². The Morgan fingerprint density at radius 2 is 2.00 bits per heavy atom. The number of ether oxygens (including phenoxy) is 2. The van der Waals surface area contributed by atoms with Gasteiger partial charge >= 0.3 is 6.61 Å². The van der Waals surface area contributed by atoms with Gasteiger partial charge in [-0.1, -0.05) is 0 Å². The zero-order valence-electron chi connectivity index (χ0n) is 13.7. The summed E-state index contributed by atoms with van der Waals surface area (Å²) in [6, 6.07) is 3.21. The average molecular weight is 383 g/mol. The minimum Gasteiger partial charge on any atom is -0.486 e. The molecule has 4 rings (SSSR count). The lowest BCUT2D eigenvalue weighted by Gasteiger charge is -2.34. The lowest BCUT2D eigenvalue weighted by atomic mass is 9.82. The number of halogens is 3. The molecule has 0 amide bonds. The van der Waals surface area contributed by atoms with Crippen molar-refractivity contribution < 1.29 is 27.4 Å². The fourth-order valence-corrected chi connectivity index (χ4v) is 3.89. The van der Waals surface area contributed by atoms with E-state index in [2.05, 4.69) is 9.72 Å². The number of alkyl halides is 2. The van der Waals surface area contributed by atoms with Gasteiger partial charge < -0.3 is 9.47 Å². The fraction of sp³-hybridized carbons (Fsp3) is 0.444. The summed E-state index contributed by atoms with van der Waals surface area (Å²) in [6.45, 7) is -3.00. The molecule has 1 aromatic carbocycles. The molecule has 26 heavy (non-hydrogen) atoms. The molecule has 0 N–H and O–H groups in total. The second-order valence-corrected chi connectivity index (χ2v) is 7.48. The number of hydrogen-bond acceptors (Lipinski definition) is 5. The molecule has 2 aromatic rings. The highest BCUT2D eigenvalue weighted by Crippen LogP contribution is 2.43. The van der Waals surface area contributed by atoms with Crippen LogP contribution in [0.3, 0.4) is 0 Å². The predicted molar refractivity (Wildman–Crippen MR) is 88.6 cm³/mol. The molecule has 1 aromatic heterocycles. The highest BCUT2D eigenvalue weighted by molar-refractivity contribution is 7.10. The summed E-state index contributed by atoms with van der Waals surface area (Å²) in [4.78, 5) is 16.5. The monoisotopic (exact) mass is 383 g/mol. The molecule has 0 aliphatic heterocycles. The van der Waals surface area contributed by atoms with Gasteiger partial charge in [0.25, 0.3) is 0 Å². The third-order valence-corrected chi connectivity index (χ3v) is 5.59. The Kier molecular flexibility index (Phi) is 4.60. The first kappa shape index (κ1) is 17.3. The lowest BCUT2D eigenvalue weighted by Crippen LogP contribution is -2.32. The van der Waals surface area contributed by atoms with Crippen molar-refractivity contribution in [2.45, 2.75) is 44.3 Å². The van der Waals surface area contributed by atoms with Crippen LogP contribution in [0.1, 0.15) is 47.1 Å². The summed E-state index contributed by atoms with van der Waals surface area (Å²) in [5, 5.41) is 2.68. The van der Waals surface area contributed by atoms with E-state index < -0.39 is 12.4 Å². The van der Waals surface area contributed by atoms with Gasteiger partial charge in [-0.15, -0.1) is 11.3 Å². The molecule has 2 saturated carbocycles. The normalized spacial score (nSPS) is 22.2. The first-order valence-corrected chi connectivity index (χ1v) is 9.28. The molecule has 1 heterocycles. The van der Waals surface area contributed by atoms with E-state index in [9.17, 15) is 18.0 Å². The Labute approximate surface area is 152 Å². The van der Waals surface area contributed by atoms with E-state index in [0.29, 0.717) is 18.5 Å². The first-order valence-electron chi connectivity index (χ1n) is 8.40. The van der Waals surface area contributed by atoms with E-state index >= 15 is 0 Å². The summed E-state index contributed by atoms with van der Waals surface area (Å²) in [6.07, 6.45) is 2.93. The van der Waals surface area contributed by atoms with Crippen molar-refractivity contribution in [1.82, 2.24) is 4.98 Å². The SMILES string of the molecule is O=C(c1csc(C2CC(Oc3cc(F)ccc3OC(F)F)C2)n1)C1CC1. The van der Waals surface area contributed by atoms with Gasteiger partial charge in [0.15, 0.2) is 17.3 Å². The van der Waals surface area contributed by atoms with Crippen LogP contribution in [-0.4, -0.2) is 23.5 Å². The summed E-state index contributed by atoms with van der Waals surface area (Å²) in [5.41, 5.74) is 0.537. The molecule has 0 spiro atoms. The van der Waals surface area contributed by atoms with Crippen molar-refractivity contribution in [3.05, 3.63) is 40.1 Å². The number of carbonyl (C=O) groups excluding carboxylic acids is 1. The van der Waals surface area contributed by atoms with Crippen LogP contribution in [0.25, 0.3) is 0 Å². The topological polar surface area (TPSA) is 48.4 Å². The van der Waals surface area contributed by atoms with Crippen LogP contribution in [0.2, 0.25) is 0 Å². The number of nitrogens with zero attached hydrogens (tertiary/aromatic N) is 1. The second kappa shape index (κ2) is 6.90. The van der Waals surface area contributed by atoms with Gasteiger partial charge in [0.05, 0.1) is 5.01 Å². The van der Waals surface area contributed by atoms with Crippen LogP contribution in [0.5, 0.6) is 11.5 Å². The lowest BCUT2D eigenvalue weighted by molar-refractivity contribution is -0.0529. The van der Waals surface area contributed by atoms with E-state index in [1.54, 1.807) is 5.38 Å². The minimum absolute atomic E-state index is 0.0301. The number of rotatable bonds is 7. The maximum atomic E-state index is 13.4. The zero-order chi connectivity index (χ0) is 18.3. The van der Waals surface area contributed by atoms with Gasteiger partial charge in [-0.3, -0.25) is 4.79 Å². The van der Waals surface area contributed by atoms with Crippen molar-refractivity contribution in [2.24, 2.45) is 5.92 Å². The molecule has 0 atom stereocenters. The second-order valence-electron chi connectivity index (χ2n) is 6.59. The smallest absolute Gasteiger partial charge is 0.387 e. The number of Topliss-reactive ketones (excluding diaryl/α,β-unsaturated/α-hetero) is 1. The summed E-state index contributed by atoms with van der Waals surface area (Å²) in [5.74, 6) is -0.370. The number of aromatic nitrogens is 1. The van der Waals surface area contributed by atoms with Crippen LogP contribution in [0.15, 0.2) is 23.6 Å². The Balaban J connectivity index is 1.37. The minimum atomic E-state index is -3.00. The number of ketones is 1. The number of thiazole rings is 1. The highest BCUT2D eigenvalue weighted by atomic mass is 32.1. The van der Waals surface area contributed by atoms with E-state index in [1.165, 1.54) is 11.3 Å². The van der Waals surface area contributed by atoms with Gasteiger partial charge in [-0.2, -0.15) is 8.78 Å².